The van der Waals surface area contributed by atoms with Gasteiger partial charge < -0.3 is 14.4 Å². The fourth-order valence-electron chi connectivity index (χ4n) is 5.02. The van der Waals surface area contributed by atoms with E-state index in [9.17, 15) is 4.79 Å². The number of aryl methyl sites for hydroxylation is 2. The number of likely N-dealkylation sites (tertiary alicyclic amines) is 1. The lowest BCUT2D eigenvalue weighted by molar-refractivity contribution is -0.131. The van der Waals surface area contributed by atoms with Gasteiger partial charge in [0.25, 0.3) is 0 Å². The lowest BCUT2D eigenvalue weighted by Crippen LogP contribution is -2.36. The van der Waals surface area contributed by atoms with Gasteiger partial charge >= 0.3 is 0 Å². The minimum absolute atomic E-state index is 0.172. The third-order valence-corrected chi connectivity index (χ3v) is 6.74. The molecule has 2 aliphatic heterocycles. The summed E-state index contributed by atoms with van der Waals surface area (Å²) >= 11 is 0. The quantitative estimate of drug-likeness (QED) is 0.716. The van der Waals surface area contributed by atoms with E-state index in [4.69, 9.17) is 9.47 Å². The summed E-state index contributed by atoms with van der Waals surface area (Å²) in [5, 5.41) is 7.25. The maximum Gasteiger partial charge on any atom is 0.223 e. The fourth-order valence-corrected chi connectivity index (χ4v) is 5.02. The third kappa shape index (κ3) is 5.51. The third-order valence-electron chi connectivity index (χ3n) is 6.74. The Hall–Kier alpha value is -2.38. The molecule has 1 atom stereocenters. The van der Waals surface area contributed by atoms with Gasteiger partial charge in [-0.15, -0.1) is 0 Å². The molecule has 1 aromatic heterocycles. The average Bonchev–Trinajstić information content (AvgIpc) is 2.97. The van der Waals surface area contributed by atoms with Crippen molar-refractivity contribution in [3.63, 3.8) is 0 Å². The summed E-state index contributed by atoms with van der Waals surface area (Å²) in [4.78, 5) is 17.5. The smallest absolute Gasteiger partial charge is 0.223 e. The number of fused-ring (bicyclic) bond motifs is 1. The zero-order valence-corrected chi connectivity index (χ0v) is 19.7. The molecule has 32 heavy (non-hydrogen) atoms. The molecule has 1 fully saturated rings. The van der Waals surface area contributed by atoms with Gasteiger partial charge in [0.2, 0.25) is 5.91 Å². The Balaban J connectivity index is 1.39. The van der Waals surface area contributed by atoms with Crippen LogP contribution in [0.5, 0.6) is 5.75 Å². The van der Waals surface area contributed by atoms with Crippen LogP contribution >= 0.6 is 0 Å². The number of rotatable bonds is 7. The number of methoxy groups -OCH3 is 1. The Kier molecular flexibility index (Phi) is 7.48. The van der Waals surface area contributed by atoms with Crippen molar-refractivity contribution in [3.05, 3.63) is 46.3 Å². The average molecular weight is 441 g/mol. The van der Waals surface area contributed by atoms with Crippen molar-refractivity contribution >= 4 is 5.91 Å². The van der Waals surface area contributed by atoms with E-state index in [0.29, 0.717) is 32.0 Å². The molecule has 4 rings (SSSR count). The Bertz CT molecular complexity index is 904. The van der Waals surface area contributed by atoms with Crippen LogP contribution in [0.3, 0.4) is 0 Å². The SMILES string of the molecule is COC[C@H]1CCCN(Cc2ccc3c(c2)CN(C(=O)CCc2c(C)n[nH]c2C)CCO3)C1. The molecule has 0 saturated carbocycles. The van der Waals surface area contributed by atoms with Crippen LogP contribution in [0, 0.1) is 19.8 Å². The van der Waals surface area contributed by atoms with E-state index < -0.39 is 0 Å². The van der Waals surface area contributed by atoms with Crippen LogP contribution in [0.4, 0.5) is 0 Å². The van der Waals surface area contributed by atoms with E-state index in [1.807, 2.05) is 18.7 Å². The Labute approximate surface area is 191 Å². The number of carbonyl (C=O) groups is 1. The van der Waals surface area contributed by atoms with E-state index in [0.717, 1.165) is 60.9 Å². The zero-order valence-electron chi connectivity index (χ0n) is 19.7. The van der Waals surface area contributed by atoms with Crippen LogP contribution in [0.25, 0.3) is 0 Å². The van der Waals surface area contributed by atoms with Gasteiger partial charge in [-0.05, 0) is 68.8 Å². The minimum Gasteiger partial charge on any atom is -0.491 e. The summed E-state index contributed by atoms with van der Waals surface area (Å²) in [5.74, 6) is 1.69. The van der Waals surface area contributed by atoms with Gasteiger partial charge in [-0.3, -0.25) is 14.8 Å². The van der Waals surface area contributed by atoms with Gasteiger partial charge in [0, 0.05) is 44.4 Å². The van der Waals surface area contributed by atoms with Gasteiger partial charge in [-0.1, -0.05) is 6.07 Å². The summed E-state index contributed by atoms with van der Waals surface area (Å²) in [6.07, 6.45) is 3.68. The summed E-state index contributed by atoms with van der Waals surface area (Å²) < 4.78 is 11.3. The number of aromatic nitrogens is 2. The molecule has 1 saturated heterocycles. The first-order chi connectivity index (χ1) is 15.5. The van der Waals surface area contributed by atoms with Crippen molar-refractivity contribution in [2.24, 2.45) is 5.92 Å². The molecule has 7 nitrogen and oxygen atoms in total. The Morgan fingerprint density at radius 1 is 1.31 bits per heavy atom. The van der Waals surface area contributed by atoms with Crippen molar-refractivity contribution < 1.29 is 14.3 Å². The molecule has 174 valence electrons. The highest BCUT2D eigenvalue weighted by Gasteiger charge is 2.23. The standard InChI is InChI=1S/C25H36N4O3/c1-18-23(19(2)27-26-18)7-9-25(30)29-11-12-32-24-8-6-20(13-22(24)16-29)14-28-10-4-5-21(15-28)17-31-3/h6,8,13,21H,4-5,7,9-12,14-17H2,1-3H3,(H,26,27)/t21-/m0/s1. The summed E-state index contributed by atoms with van der Waals surface area (Å²) in [6, 6.07) is 6.47. The number of aromatic amines is 1. The molecule has 7 heteroatoms. The minimum atomic E-state index is 0.172. The molecule has 1 aromatic carbocycles. The number of hydrogen-bond donors (Lipinski definition) is 1. The number of H-pyrrole nitrogens is 1. The second-order valence-corrected chi connectivity index (χ2v) is 9.22. The normalized spacial score (nSPS) is 19.3. The lowest BCUT2D eigenvalue weighted by Gasteiger charge is -2.32. The highest BCUT2D eigenvalue weighted by atomic mass is 16.5. The Morgan fingerprint density at radius 3 is 2.97 bits per heavy atom. The highest BCUT2D eigenvalue weighted by molar-refractivity contribution is 5.76. The van der Waals surface area contributed by atoms with Crippen molar-refractivity contribution in [2.75, 3.05) is 40.0 Å². The molecule has 0 spiro atoms. The van der Waals surface area contributed by atoms with E-state index in [1.54, 1.807) is 7.11 Å². The maximum atomic E-state index is 13.0. The molecule has 0 unspecified atom stereocenters. The number of nitrogens with zero attached hydrogens (tertiary/aromatic N) is 3. The molecule has 0 radical (unpaired) electrons. The predicted molar refractivity (Wildman–Crippen MR) is 124 cm³/mol. The van der Waals surface area contributed by atoms with Crippen LogP contribution < -0.4 is 4.74 Å². The second kappa shape index (κ2) is 10.5. The molecule has 2 aromatic rings. The number of hydrogen-bond acceptors (Lipinski definition) is 5. The van der Waals surface area contributed by atoms with E-state index in [1.165, 1.54) is 18.4 Å². The van der Waals surface area contributed by atoms with E-state index >= 15 is 0 Å². The number of amides is 1. The Morgan fingerprint density at radius 2 is 2.19 bits per heavy atom. The first-order valence-electron chi connectivity index (χ1n) is 11.8. The van der Waals surface area contributed by atoms with Gasteiger partial charge in [0.05, 0.1) is 18.8 Å². The molecular formula is C25H36N4O3. The number of benzene rings is 1. The number of piperidine rings is 1. The van der Waals surface area contributed by atoms with Crippen molar-refractivity contribution in [3.8, 4) is 5.75 Å². The first kappa shape index (κ1) is 22.8. The van der Waals surface area contributed by atoms with Gasteiger partial charge in [-0.25, -0.2) is 0 Å². The number of carbonyl (C=O) groups excluding carboxylic acids is 1. The van der Waals surface area contributed by atoms with Crippen LogP contribution in [-0.4, -0.2) is 65.9 Å². The lowest BCUT2D eigenvalue weighted by atomic mass is 9.98. The monoisotopic (exact) mass is 440 g/mol. The van der Waals surface area contributed by atoms with Crippen molar-refractivity contribution in [2.45, 2.75) is 52.6 Å². The van der Waals surface area contributed by atoms with Crippen LogP contribution in [-0.2, 0) is 29.0 Å². The van der Waals surface area contributed by atoms with Crippen LogP contribution in [0.2, 0.25) is 0 Å². The van der Waals surface area contributed by atoms with Gasteiger partial charge in [-0.2, -0.15) is 5.10 Å². The molecular weight excluding hydrogens is 404 g/mol. The van der Waals surface area contributed by atoms with Gasteiger partial charge in [0.15, 0.2) is 0 Å². The summed E-state index contributed by atoms with van der Waals surface area (Å²) in [5.41, 5.74) is 5.57. The molecule has 0 aliphatic carbocycles. The summed E-state index contributed by atoms with van der Waals surface area (Å²) in [6.45, 7) is 9.74. The van der Waals surface area contributed by atoms with E-state index in [2.05, 4.69) is 33.3 Å². The molecule has 2 aliphatic rings. The van der Waals surface area contributed by atoms with Crippen molar-refractivity contribution in [1.82, 2.24) is 20.0 Å². The fraction of sp³-hybridized carbons (Fsp3) is 0.600. The van der Waals surface area contributed by atoms with Crippen LogP contribution in [0.15, 0.2) is 18.2 Å². The molecule has 3 heterocycles. The molecule has 0 bridgehead atoms. The predicted octanol–water partition coefficient (Wildman–Crippen LogP) is 3.24. The molecule has 1 amide bonds. The van der Waals surface area contributed by atoms with E-state index in [-0.39, 0.29) is 5.91 Å². The second-order valence-electron chi connectivity index (χ2n) is 9.22. The topological polar surface area (TPSA) is 70.7 Å². The largest absolute Gasteiger partial charge is 0.491 e. The van der Waals surface area contributed by atoms with Crippen molar-refractivity contribution in [1.29, 1.82) is 0 Å². The first-order valence-corrected chi connectivity index (χ1v) is 11.8. The highest BCUT2D eigenvalue weighted by Crippen LogP contribution is 2.27. The zero-order chi connectivity index (χ0) is 22.5. The number of nitrogens with one attached hydrogen (secondary N) is 1. The number of ether oxygens (including phenoxy) is 2. The maximum absolute atomic E-state index is 13.0. The van der Waals surface area contributed by atoms with Gasteiger partial charge in [0.1, 0.15) is 12.4 Å². The van der Waals surface area contributed by atoms with Crippen LogP contribution in [0.1, 0.15) is 47.3 Å². The summed E-state index contributed by atoms with van der Waals surface area (Å²) in [7, 11) is 1.79. The molecule has 1 N–H and O–H groups in total.